The Bertz CT molecular complexity index is 509. The normalized spacial score (nSPS) is 19.9. The van der Waals surface area contributed by atoms with Crippen LogP contribution in [-0.2, 0) is 17.7 Å². The molecule has 2 fully saturated rings. The summed E-state index contributed by atoms with van der Waals surface area (Å²) >= 11 is 0. The molecule has 2 aliphatic heterocycles. The van der Waals surface area contributed by atoms with Gasteiger partial charge in [-0.25, -0.2) is 0 Å². The fourth-order valence-electron chi connectivity index (χ4n) is 3.90. The van der Waals surface area contributed by atoms with Crippen molar-refractivity contribution in [3.63, 3.8) is 0 Å². The van der Waals surface area contributed by atoms with E-state index in [1.807, 2.05) is 0 Å². The first-order chi connectivity index (χ1) is 12.3. The van der Waals surface area contributed by atoms with Gasteiger partial charge in [-0.3, -0.25) is 9.80 Å². The van der Waals surface area contributed by atoms with Gasteiger partial charge < -0.3 is 9.47 Å². The summed E-state index contributed by atoms with van der Waals surface area (Å²) in [6, 6.07) is 6.83. The van der Waals surface area contributed by atoms with Crippen LogP contribution in [0, 0.1) is 0 Å². The van der Waals surface area contributed by atoms with Crippen LogP contribution in [0.25, 0.3) is 0 Å². The van der Waals surface area contributed by atoms with Crippen LogP contribution < -0.4 is 4.74 Å². The van der Waals surface area contributed by atoms with Crippen LogP contribution in [0.1, 0.15) is 43.7 Å². The molecule has 0 radical (unpaired) electrons. The second-order valence-corrected chi connectivity index (χ2v) is 7.27. The van der Waals surface area contributed by atoms with Crippen molar-refractivity contribution in [2.75, 3.05) is 52.5 Å². The number of hydrogen-bond donors (Lipinski definition) is 0. The lowest BCUT2D eigenvalue weighted by Gasteiger charge is -2.27. The molecule has 0 atom stereocenters. The van der Waals surface area contributed by atoms with Crippen LogP contribution in [0.15, 0.2) is 18.2 Å². The molecule has 0 aliphatic carbocycles. The molecule has 140 valence electrons. The summed E-state index contributed by atoms with van der Waals surface area (Å²) in [5, 5.41) is 0. The Labute approximate surface area is 153 Å². The zero-order valence-corrected chi connectivity index (χ0v) is 15.8. The van der Waals surface area contributed by atoms with Crippen molar-refractivity contribution in [2.24, 2.45) is 0 Å². The molecular weight excluding hydrogens is 312 g/mol. The van der Waals surface area contributed by atoms with Crippen molar-refractivity contribution < 1.29 is 9.47 Å². The van der Waals surface area contributed by atoms with E-state index in [-0.39, 0.29) is 0 Å². The van der Waals surface area contributed by atoms with E-state index >= 15 is 0 Å². The van der Waals surface area contributed by atoms with Crippen molar-refractivity contribution in [1.82, 2.24) is 9.80 Å². The number of aryl methyl sites for hydroxylation is 1. The topological polar surface area (TPSA) is 24.9 Å². The molecule has 1 aromatic rings. The Morgan fingerprint density at radius 1 is 1.00 bits per heavy atom. The van der Waals surface area contributed by atoms with Crippen LogP contribution in [-0.4, -0.2) is 62.3 Å². The van der Waals surface area contributed by atoms with Gasteiger partial charge in [0, 0.05) is 25.2 Å². The molecule has 2 aliphatic rings. The Kier molecular flexibility index (Phi) is 7.58. The van der Waals surface area contributed by atoms with E-state index < -0.39 is 0 Å². The van der Waals surface area contributed by atoms with E-state index in [0.29, 0.717) is 0 Å². The largest absolute Gasteiger partial charge is 0.494 e. The summed E-state index contributed by atoms with van der Waals surface area (Å²) in [5.41, 5.74) is 2.82. The molecule has 2 saturated heterocycles. The Morgan fingerprint density at radius 3 is 2.56 bits per heavy atom. The first-order valence-corrected chi connectivity index (χ1v) is 10.1. The molecule has 4 heteroatoms. The highest BCUT2D eigenvalue weighted by Gasteiger charge is 2.14. The minimum atomic E-state index is 0.739. The van der Waals surface area contributed by atoms with Crippen LogP contribution in [0.5, 0.6) is 5.75 Å². The minimum absolute atomic E-state index is 0.739. The zero-order chi connectivity index (χ0) is 17.3. The third kappa shape index (κ3) is 5.98. The van der Waals surface area contributed by atoms with Gasteiger partial charge in [-0.1, -0.05) is 18.6 Å². The van der Waals surface area contributed by atoms with Gasteiger partial charge in [0.05, 0.1) is 19.8 Å². The van der Waals surface area contributed by atoms with Crippen LogP contribution in [0.4, 0.5) is 0 Å². The van der Waals surface area contributed by atoms with Gasteiger partial charge in [-0.15, -0.1) is 0 Å². The number of hydrogen-bond acceptors (Lipinski definition) is 4. The van der Waals surface area contributed by atoms with Crippen molar-refractivity contribution in [3.05, 3.63) is 29.3 Å². The lowest BCUT2D eigenvalue weighted by Crippen LogP contribution is -2.36. The predicted molar refractivity (Wildman–Crippen MR) is 102 cm³/mol. The zero-order valence-electron chi connectivity index (χ0n) is 15.8. The molecule has 0 unspecified atom stereocenters. The van der Waals surface area contributed by atoms with Crippen molar-refractivity contribution in [1.29, 1.82) is 0 Å². The molecule has 4 nitrogen and oxygen atoms in total. The molecule has 0 amide bonds. The summed E-state index contributed by atoms with van der Waals surface area (Å²) in [4.78, 5) is 5.10. The molecule has 0 N–H and O–H groups in total. The molecule has 0 bridgehead atoms. The average molecular weight is 347 g/mol. The van der Waals surface area contributed by atoms with Gasteiger partial charge >= 0.3 is 0 Å². The quantitative estimate of drug-likeness (QED) is 0.721. The fraction of sp³-hybridized carbons (Fsp3) is 0.714. The van der Waals surface area contributed by atoms with Crippen molar-refractivity contribution >= 4 is 0 Å². The Morgan fingerprint density at radius 2 is 1.80 bits per heavy atom. The van der Waals surface area contributed by atoms with Gasteiger partial charge in [0.25, 0.3) is 0 Å². The molecule has 0 saturated carbocycles. The fourth-order valence-corrected chi connectivity index (χ4v) is 3.90. The predicted octanol–water partition coefficient (Wildman–Crippen LogP) is 3.34. The first kappa shape index (κ1) is 18.7. The maximum atomic E-state index is 5.88. The summed E-state index contributed by atoms with van der Waals surface area (Å²) in [7, 11) is 0. The van der Waals surface area contributed by atoms with E-state index in [9.17, 15) is 0 Å². The van der Waals surface area contributed by atoms with Gasteiger partial charge in [0.2, 0.25) is 0 Å². The highest BCUT2D eigenvalue weighted by Crippen LogP contribution is 2.24. The second-order valence-electron chi connectivity index (χ2n) is 7.27. The third-order valence-corrected chi connectivity index (χ3v) is 5.31. The second kappa shape index (κ2) is 10.1. The van der Waals surface area contributed by atoms with Crippen LogP contribution in [0.3, 0.4) is 0 Å². The van der Waals surface area contributed by atoms with Gasteiger partial charge in [-0.2, -0.15) is 0 Å². The van der Waals surface area contributed by atoms with E-state index in [1.165, 1.54) is 56.4 Å². The average Bonchev–Trinajstić information content (AvgIpc) is 2.66. The maximum absolute atomic E-state index is 5.88. The van der Waals surface area contributed by atoms with Crippen LogP contribution >= 0.6 is 0 Å². The monoisotopic (exact) mass is 346 g/mol. The summed E-state index contributed by atoms with van der Waals surface area (Å²) in [6.07, 6.45) is 6.43. The third-order valence-electron chi connectivity index (χ3n) is 5.31. The van der Waals surface area contributed by atoms with E-state index in [0.717, 1.165) is 51.6 Å². The van der Waals surface area contributed by atoms with E-state index in [2.05, 4.69) is 34.9 Å². The van der Waals surface area contributed by atoms with E-state index in [4.69, 9.17) is 9.47 Å². The number of likely N-dealkylation sites (tertiary alicyclic amines) is 1. The van der Waals surface area contributed by atoms with Crippen molar-refractivity contribution in [3.8, 4) is 5.75 Å². The summed E-state index contributed by atoms with van der Waals surface area (Å²) in [6.45, 7) is 11.4. The molecule has 1 aromatic carbocycles. The number of rotatable bonds is 8. The highest BCUT2D eigenvalue weighted by atomic mass is 16.5. The van der Waals surface area contributed by atoms with E-state index in [1.54, 1.807) is 0 Å². The summed E-state index contributed by atoms with van der Waals surface area (Å²) in [5.74, 6) is 1.07. The molecule has 0 aromatic heterocycles. The SMILES string of the molecule is CCOc1ccc(CCCN2CCOCC2)cc1CN1CCCCC1. The maximum Gasteiger partial charge on any atom is 0.123 e. The minimum Gasteiger partial charge on any atom is -0.494 e. The van der Waals surface area contributed by atoms with Gasteiger partial charge in [-0.05, 0) is 63.9 Å². The van der Waals surface area contributed by atoms with Crippen LogP contribution in [0.2, 0.25) is 0 Å². The molecule has 2 heterocycles. The van der Waals surface area contributed by atoms with Gasteiger partial charge in [0.15, 0.2) is 0 Å². The lowest BCUT2D eigenvalue weighted by atomic mass is 10.0. The lowest BCUT2D eigenvalue weighted by molar-refractivity contribution is 0.0374. The Hall–Kier alpha value is -1.10. The smallest absolute Gasteiger partial charge is 0.123 e. The molecule has 3 rings (SSSR count). The summed E-state index contributed by atoms with van der Waals surface area (Å²) < 4.78 is 11.3. The Balaban J connectivity index is 1.56. The van der Waals surface area contributed by atoms with Gasteiger partial charge in [0.1, 0.15) is 5.75 Å². The highest BCUT2D eigenvalue weighted by molar-refractivity contribution is 5.37. The number of nitrogens with zero attached hydrogens (tertiary/aromatic N) is 2. The van der Waals surface area contributed by atoms with Crippen molar-refractivity contribution in [2.45, 2.75) is 45.6 Å². The molecule has 25 heavy (non-hydrogen) atoms. The first-order valence-electron chi connectivity index (χ1n) is 10.1. The number of piperidine rings is 1. The number of morpholine rings is 1. The molecule has 0 spiro atoms. The number of benzene rings is 1. The number of ether oxygens (including phenoxy) is 2. The molecular formula is C21H34N2O2. The standard InChI is InChI=1S/C21H34N2O2/c1-2-25-21-9-8-19(7-6-12-22-13-15-24-16-14-22)17-20(21)18-23-10-4-3-5-11-23/h8-9,17H,2-7,10-16,18H2,1H3.